The SMILES string of the molecule is Oc1cnc(C(F)(F)F)c(C(F)F)c1F. The highest BCUT2D eigenvalue weighted by molar-refractivity contribution is 5.33. The lowest BCUT2D eigenvalue weighted by molar-refractivity contribution is -0.143. The molecule has 0 unspecified atom stereocenters. The van der Waals surface area contributed by atoms with E-state index in [1.807, 2.05) is 0 Å². The van der Waals surface area contributed by atoms with Gasteiger partial charge in [0.1, 0.15) is 0 Å². The third-order valence-corrected chi connectivity index (χ3v) is 1.52. The van der Waals surface area contributed by atoms with Crippen LogP contribution in [0.3, 0.4) is 0 Å². The predicted molar refractivity (Wildman–Crippen MR) is 35.8 cm³/mol. The van der Waals surface area contributed by atoms with Crippen LogP contribution in [-0.2, 0) is 6.18 Å². The van der Waals surface area contributed by atoms with Crippen LogP contribution in [0.4, 0.5) is 26.3 Å². The maximum atomic E-state index is 12.8. The van der Waals surface area contributed by atoms with E-state index in [9.17, 15) is 26.3 Å². The third-order valence-electron chi connectivity index (χ3n) is 1.52. The number of halogens is 6. The lowest BCUT2D eigenvalue weighted by atomic mass is 10.1. The zero-order valence-corrected chi connectivity index (χ0v) is 6.82. The van der Waals surface area contributed by atoms with Crippen LogP contribution in [0, 0.1) is 5.82 Å². The van der Waals surface area contributed by atoms with E-state index < -0.39 is 35.4 Å². The molecule has 1 aromatic rings. The highest BCUT2D eigenvalue weighted by Crippen LogP contribution is 2.38. The zero-order valence-electron chi connectivity index (χ0n) is 6.82. The topological polar surface area (TPSA) is 33.1 Å². The second-order valence-corrected chi connectivity index (χ2v) is 2.52. The van der Waals surface area contributed by atoms with E-state index in [0.717, 1.165) is 0 Å². The van der Waals surface area contributed by atoms with E-state index in [1.54, 1.807) is 0 Å². The molecule has 0 saturated heterocycles. The Hall–Kier alpha value is -1.47. The summed E-state index contributed by atoms with van der Waals surface area (Å²) >= 11 is 0. The molecule has 0 amide bonds. The Bertz CT molecular complexity index is 374. The van der Waals surface area contributed by atoms with Gasteiger partial charge in [-0.05, 0) is 0 Å². The predicted octanol–water partition coefficient (Wildman–Crippen LogP) is 2.88. The van der Waals surface area contributed by atoms with Gasteiger partial charge in [0.05, 0.1) is 11.8 Å². The van der Waals surface area contributed by atoms with E-state index in [0.29, 0.717) is 0 Å². The van der Waals surface area contributed by atoms with E-state index >= 15 is 0 Å². The average Bonchev–Trinajstić information content (AvgIpc) is 2.06. The van der Waals surface area contributed by atoms with Crippen molar-refractivity contribution in [3.63, 3.8) is 0 Å². The number of alkyl halides is 5. The number of rotatable bonds is 1. The molecule has 0 aromatic carbocycles. The normalized spacial score (nSPS) is 12.2. The van der Waals surface area contributed by atoms with Gasteiger partial charge in [-0.1, -0.05) is 0 Å². The van der Waals surface area contributed by atoms with Crippen molar-refractivity contribution in [3.8, 4) is 5.75 Å². The summed E-state index contributed by atoms with van der Waals surface area (Å²) in [6.45, 7) is 0. The molecule has 0 aliphatic rings. The van der Waals surface area contributed by atoms with Crippen molar-refractivity contribution in [3.05, 3.63) is 23.3 Å². The van der Waals surface area contributed by atoms with Crippen molar-refractivity contribution in [2.24, 2.45) is 0 Å². The van der Waals surface area contributed by atoms with Crippen LogP contribution in [0.2, 0.25) is 0 Å². The van der Waals surface area contributed by atoms with Crippen LogP contribution in [-0.4, -0.2) is 10.1 Å². The molecule has 1 N–H and O–H groups in total. The molecule has 84 valence electrons. The molecule has 0 saturated carbocycles. The standard InChI is InChI=1S/C7H3F6NO/c8-4-2(15)1-14-5(7(11,12)13)3(4)6(9)10/h1,6,15H. The van der Waals surface area contributed by atoms with Crippen molar-refractivity contribution >= 4 is 0 Å². The summed E-state index contributed by atoms with van der Waals surface area (Å²) in [7, 11) is 0. The van der Waals surface area contributed by atoms with Gasteiger partial charge in [-0.25, -0.2) is 18.2 Å². The molecule has 0 fully saturated rings. The summed E-state index contributed by atoms with van der Waals surface area (Å²) in [6.07, 6.45) is -8.77. The monoisotopic (exact) mass is 231 g/mol. The Kier molecular flexibility index (Phi) is 2.78. The van der Waals surface area contributed by atoms with Gasteiger partial charge in [0.15, 0.2) is 17.3 Å². The minimum atomic E-state index is -5.19. The molecule has 8 heteroatoms. The second kappa shape index (κ2) is 3.59. The molecule has 0 atom stereocenters. The van der Waals surface area contributed by atoms with Gasteiger partial charge < -0.3 is 5.11 Å². The van der Waals surface area contributed by atoms with Gasteiger partial charge in [-0.2, -0.15) is 13.2 Å². The van der Waals surface area contributed by atoms with Crippen LogP contribution < -0.4 is 0 Å². The Morgan fingerprint density at radius 3 is 2.20 bits per heavy atom. The highest BCUT2D eigenvalue weighted by atomic mass is 19.4. The molecule has 0 bridgehead atoms. The van der Waals surface area contributed by atoms with Gasteiger partial charge in [0, 0.05) is 0 Å². The zero-order chi connectivity index (χ0) is 11.8. The second-order valence-electron chi connectivity index (χ2n) is 2.52. The maximum Gasteiger partial charge on any atom is 0.433 e. The average molecular weight is 231 g/mol. The first-order chi connectivity index (χ1) is 6.75. The van der Waals surface area contributed by atoms with Crippen LogP contribution >= 0.6 is 0 Å². The van der Waals surface area contributed by atoms with Crippen LogP contribution in [0.1, 0.15) is 17.7 Å². The first-order valence-corrected chi connectivity index (χ1v) is 3.48. The van der Waals surface area contributed by atoms with Crippen LogP contribution in [0.5, 0.6) is 5.75 Å². The minimum Gasteiger partial charge on any atom is -0.504 e. The van der Waals surface area contributed by atoms with E-state index in [-0.39, 0.29) is 6.20 Å². The Morgan fingerprint density at radius 1 is 1.27 bits per heavy atom. The Balaban J connectivity index is 3.47. The van der Waals surface area contributed by atoms with Crippen molar-refractivity contribution in [2.75, 3.05) is 0 Å². The van der Waals surface area contributed by atoms with Gasteiger partial charge in [-0.3, -0.25) is 0 Å². The van der Waals surface area contributed by atoms with Crippen molar-refractivity contribution in [1.29, 1.82) is 0 Å². The highest BCUT2D eigenvalue weighted by Gasteiger charge is 2.40. The Morgan fingerprint density at radius 2 is 1.80 bits per heavy atom. The minimum absolute atomic E-state index is 0.129. The molecule has 2 nitrogen and oxygen atoms in total. The summed E-state index contributed by atoms with van der Waals surface area (Å²) in [5.74, 6) is -3.36. The van der Waals surface area contributed by atoms with Crippen molar-refractivity contribution in [2.45, 2.75) is 12.6 Å². The Labute approximate surface area is 79.2 Å². The summed E-state index contributed by atoms with van der Waals surface area (Å²) in [5, 5.41) is 8.60. The molecule has 0 radical (unpaired) electrons. The van der Waals surface area contributed by atoms with Crippen LogP contribution in [0.15, 0.2) is 6.20 Å². The number of aromatic hydroxyl groups is 1. The molecule has 1 aromatic heterocycles. The fraction of sp³-hybridized carbons (Fsp3) is 0.286. The van der Waals surface area contributed by atoms with Crippen LogP contribution in [0.25, 0.3) is 0 Å². The van der Waals surface area contributed by atoms with Crippen molar-refractivity contribution in [1.82, 2.24) is 4.98 Å². The third kappa shape index (κ3) is 2.13. The molecule has 0 aliphatic carbocycles. The summed E-state index contributed by atoms with van der Waals surface area (Å²) in [4.78, 5) is 2.54. The molecular formula is C7H3F6NO. The van der Waals surface area contributed by atoms with E-state index in [4.69, 9.17) is 5.11 Å². The summed E-state index contributed by atoms with van der Waals surface area (Å²) in [5.41, 5.74) is -3.98. The van der Waals surface area contributed by atoms with E-state index in [2.05, 4.69) is 4.98 Å². The number of pyridine rings is 1. The molecule has 1 heterocycles. The number of aromatic nitrogens is 1. The van der Waals surface area contributed by atoms with Crippen molar-refractivity contribution < 1.29 is 31.4 Å². The van der Waals surface area contributed by atoms with Gasteiger partial charge in [0.2, 0.25) is 0 Å². The van der Waals surface area contributed by atoms with Gasteiger partial charge >= 0.3 is 6.18 Å². The van der Waals surface area contributed by atoms with Gasteiger partial charge in [-0.15, -0.1) is 0 Å². The molecule has 15 heavy (non-hydrogen) atoms. The largest absolute Gasteiger partial charge is 0.504 e. The lowest BCUT2D eigenvalue weighted by Crippen LogP contribution is -2.14. The smallest absolute Gasteiger partial charge is 0.433 e. The molecule has 1 rings (SSSR count). The fourth-order valence-corrected chi connectivity index (χ4v) is 0.919. The molecular weight excluding hydrogens is 228 g/mol. The van der Waals surface area contributed by atoms with E-state index in [1.165, 1.54) is 0 Å². The summed E-state index contributed by atoms with van der Waals surface area (Å²) in [6, 6.07) is 0. The molecule has 0 spiro atoms. The quantitative estimate of drug-likeness (QED) is 0.754. The summed E-state index contributed by atoms with van der Waals surface area (Å²) < 4.78 is 73.2. The fourth-order valence-electron chi connectivity index (χ4n) is 0.919. The maximum absolute atomic E-state index is 12.8. The first kappa shape index (κ1) is 11.6. The van der Waals surface area contributed by atoms with Gasteiger partial charge in [0.25, 0.3) is 6.43 Å². The molecule has 0 aliphatic heterocycles. The first-order valence-electron chi connectivity index (χ1n) is 3.48. The number of nitrogens with zero attached hydrogens (tertiary/aromatic N) is 1. The number of hydrogen-bond acceptors (Lipinski definition) is 2. The lowest BCUT2D eigenvalue weighted by Gasteiger charge is -2.12. The number of hydrogen-bond donors (Lipinski definition) is 1.